The number of imidazole rings is 1. The van der Waals surface area contributed by atoms with Crippen molar-refractivity contribution in [1.82, 2.24) is 9.55 Å². The van der Waals surface area contributed by atoms with E-state index in [2.05, 4.69) is 29.2 Å². The molecule has 0 fully saturated rings. The summed E-state index contributed by atoms with van der Waals surface area (Å²) in [5, 5.41) is 10.6. The average molecular weight is 274 g/mol. The van der Waals surface area contributed by atoms with Gasteiger partial charge >= 0.3 is 0 Å². The van der Waals surface area contributed by atoms with Gasteiger partial charge in [0.05, 0.1) is 6.10 Å². The second-order valence-corrected chi connectivity index (χ2v) is 6.31. The molecule has 0 radical (unpaired) electrons. The fourth-order valence-electron chi connectivity index (χ4n) is 2.52. The van der Waals surface area contributed by atoms with Crippen LogP contribution in [0.3, 0.4) is 0 Å². The first-order valence-corrected chi connectivity index (χ1v) is 7.51. The molecule has 0 saturated carbocycles. The summed E-state index contributed by atoms with van der Waals surface area (Å²) in [7, 11) is 1.99. The first-order chi connectivity index (χ1) is 9.24. The number of rotatable bonds is 4. The van der Waals surface area contributed by atoms with Gasteiger partial charge in [0.25, 0.3) is 0 Å². The molecule has 0 bridgehead atoms. The Balaban J connectivity index is 1.58. The molecular formula is C15H18N2OS. The second kappa shape index (κ2) is 5.39. The number of nitrogens with zero attached hydrogens (tertiary/aromatic N) is 2. The smallest absolute Gasteiger partial charge is 0.108 e. The van der Waals surface area contributed by atoms with Crippen molar-refractivity contribution in [1.29, 1.82) is 0 Å². The monoisotopic (exact) mass is 274 g/mol. The van der Waals surface area contributed by atoms with Gasteiger partial charge in [-0.05, 0) is 24.5 Å². The Labute approximate surface area is 117 Å². The highest BCUT2D eigenvalue weighted by Gasteiger charge is 2.27. The Morgan fingerprint density at radius 2 is 2.32 bits per heavy atom. The van der Waals surface area contributed by atoms with E-state index in [-0.39, 0.29) is 11.4 Å². The number of hydrogen-bond acceptors (Lipinski definition) is 3. The number of fused-ring (bicyclic) bond motifs is 1. The minimum absolute atomic E-state index is 0.269. The molecule has 0 spiro atoms. The normalized spacial score (nSPS) is 19.4. The van der Waals surface area contributed by atoms with Gasteiger partial charge in [0.1, 0.15) is 5.82 Å². The molecule has 2 heterocycles. The summed E-state index contributed by atoms with van der Waals surface area (Å²) in [6, 6.07) is 8.44. The van der Waals surface area contributed by atoms with Crippen LogP contribution in [0.4, 0.5) is 0 Å². The highest BCUT2D eigenvalue weighted by Crippen LogP contribution is 2.39. The fraction of sp³-hybridized carbons (Fsp3) is 0.400. The van der Waals surface area contributed by atoms with Crippen molar-refractivity contribution in [3.05, 3.63) is 48.0 Å². The maximum Gasteiger partial charge on any atom is 0.108 e. The third kappa shape index (κ3) is 2.69. The van der Waals surface area contributed by atoms with Gasteiger partial charge in [0.15, 0.2) is 0 Å². The molecule has 2 unspecified atom stereocenters. The lowest BCUT2D eigenvalue weighted by molar-refractivity contribution is 0.161. The fourth-order valence-corrected chi connectivity index (χ4v) is 3.87. The van der Waals surface area contributed by atoms with Crippen molar-refractivity contribution in [3.8, 4) is 0 Å². The highest BCUT2D eigenvalue weighted by molar-refractivity contribution is 8.00. The van der Waals surface area contributed by atoms with E-state index in [1.807, 2.05) is 35.8 Å². The molecule has 1 aliphatic rings. The van der Waals surface area contributed by atoms with Crippen LogP contribution in [0.25, 0.3) is 0 Å². The maximum absolute atomic E-state index is 10.4. The Morgan fingerprint density at radius 1 is 1.47 bits per heavy atom. The molecule has 3 nitrogen and oxygen atoms in total. The summed E-state index contributed by atoms with van der Waals surface area (Å²) < 4.78 is 2.02. The molecule has 0 amide bonds. The Kier molecular flexibility index (Phi) is 3.62. The third-order valence-corrected chi connectivity index (χ3v) is 5.12. The highest BCUT2D eigenvalue weighted by atomic mass is 32.2. The van der Waals surface area contributed by atoms with E-state index in [4.69, 9.17) is 0 Å². The lowest BCUT2D eigenvalue weighted by Crippen LogP contribution is -2.23. The van der Waals surface area contributed by atoms with E-state index in [1.54, 1.807) is 0 Å². The zero-order valence-electron chi connectivity index (χ0n) is 11.0. The molecule has 100 valence electrons. The van der Waals surface area contributed by atoms with Crippen LogP contribution in [-0.2, 0) is 19.9 Å². The minimum atomic E-state index is -0.269. The topological polar surface area (TPSA) is 38.0 Å². The van der Waals surface area contributed by atoms with E-state index >= 15 is 0 Å². The van der Waals surface area contributed by atoms with Gasteiger partial charge in [-0.15, -0.1) is 11.8 Å². The van der Waals surface area contributed by atoms with Gasteiger partial charge in [-0.1, -0.05) is 18.2 Å². The van der Waals surface area contributed by atoms with Crippen molar-refractivity contribution in [3.63, 3.8) is 0 Å². The summed E-state index contributed by atoms with van der Waals surface area (Å²) in [5.74, 6) is 1.04. The number of hydrogen-bond donors (Lipinski definition) is 1. The molecule has 2 aromatic rings. The number of thioether (sulfide) groups is 1. The summed E-state index contributed by atoms with van der Waals surface area (Å²) >= 11 is 1.81. The van der Waals surface area contributed by atoms with Crippen LogP contribution in [0.5, 0.6) is 0 Å². The first-order valence-electron chi connectivity index (χ1n) is 6.63. The predicted molar refractivity (Wildman–Crippen MR) is 77.3 cm³/mol. The van der Waals surface area contributed by atoms with E-state index in [9.17, 15) is 5.11 Å². The SMILES string of the molecule is Cn1ccnc1CCC(O)C1Cc2ccccc2S1. The van der Waals surface area contributed by atoms with E-state index < -0.39 is 0 Å². The van der Waals surface area contributed by atoms with Crippen molar-refractivity contribution in [2.45, 2.75) is 35.5 Å². The first kappa shape index (κ1) is 12.8. The number of aromatic nitrogens is 2. The van der Waals surface area contributed by atoms with Gasteiger partial charge in [-0.3, -0.25) is 0 Å². The molecule has 1 aromatic heterocycles. The molecule has 4 heteroatoms. The molecule has 0 saturated heterocycles. The third-order valence-electron chi connectivity index (χ3n) is 3.69. The van der Waals surface area contributed by atoms with Gasteiger partial charge in [0, 0.05) is 36.0 Å². The lowest BCUT2D eigenvalue weighted by Gasteiger charge is -2.16. The largest absolute Gasteiger partial charge is 0.392 e. The predicted octanol–water partition coefficient (Wildman–Crippen LogP) is 2.43. The Hall–Kier alpha value is -1.26. The second-order valence-electron chi connectivity index (χ2n) is 5.03. The molecule has 19 heavy (non-hydrogen) atoms. The van der Waals surface area contributed by atoms with Crippen molar-refractivity contribution < 1.29 is 5.11 Å². The standard InChI is InChI=1S/C15H18N2OS/c1-17-9-8-16-15(17)7-6-12(18)14-10-11-4-2-3-5-13(11)19-14/h2-5,8-9,12,14,18H,6-7,10H2,1H3. The van der Waals surface area contributed by atoms with Gasteiger partial charge in [-0.25, -0.2) is 4.98 Å². The average Bonchev–Trinajstić information content (AvgIpc) is 3.01. The van der Waals surface area contributed by atoms with E-state index in [0.29, 0.717) is 0 Å². The molecule has 1 aromatic carbocycles. The lowest BCUT2D eigenvalue weighted by atomic mass is 10.0. The molecule has 0 aliphatic carbocycles. The van der Waals surface area contributed by atoms with Gasteiger partial charge in [0.2, 0.25) is 0 Å². The minimum Gasteiger partial charge on any atom is -0.392 e. The zero-order chi connectivity index (χ0) is 13.2. The molecule has 2 atom stereocenters. The number of benzene rings is 1. The van der Waals surface area contributed by atoms with Crippen LogP contribution in [0.1, 0.15) is 17.8 Å². The number of aliphatic hydroxyl groups is 1. The van der Waals surface area contributed by atoms with Crippen LogP contribution < -0.4 is 0 Å². The quantitative estimate of drug-likeness (QED) is 0.930. The Morgan fingerprint density at radius 3 is 3.05 bits per heavy atom. The zero-order valence-corrected chi connectivity index (χ0v) is 11.8. The van der Waals surface area contributed by atoms with Crippen molar-refractivity contribution in [2.75, 3.05) is 0 Å². The maximum atomic E-state index is 10.4. The summed E-state index contributed by atoms with van der Waals surface area (Å²) in [6.45, 7) is 0. The molecule has 1 N–H and O–H groups in total. The number of aliphatic hydroxyl groups excluding tert-OH is 1. The van der Waals surface area contributed by atoms with Gasteiger partial charge in [-0.2, -0.15) is 0 Å². The van der Waals surface area contributed by atoms with E-state index in [0.717, 1.165) is 25.1 Å². The Bertz CT molecular complexity index is 542. The van der Waals surface area contributed by atoms with Gasteiger partial charge < -0.3 is 9.67 Å². The van der Waals surface area contributed by atoms with Crippen molar-refractivity contribution in [2.24, 2.45) is 7.05 Å². The van der Waals surface area contributed by atoms with Crippen LogP contribution in [0.15, 0.2) is 41.6 Å². The molecular weight excluding hydrogens is 256 g/mol. The van der Waals surface area contributed by atoms with Crippen molar-refractivity contribution >= 4 is 11.8 Å². The molecule has 3 rings (SSSR count). The molecule has 1 aliphatic heterocycles. The van der Waals surface area contributed by atoms with Crippen LogP contribution >= 0.6 is 11.8 Å². The van der Waals surface area contributed by atoms with Crippen LogP contribution in [0, 0.1) is 0 Å². The van der Waals surface area contributed by atoms with Crippen LogP contribution in [-0.4, -0.2) is 26.0 Å². The summed E-state index contributed by atoms with van der Waals surface area (Å²) in [6.07, 6.45) is 6.06. The summed E-state index contributed by atoms with van der Waals surface area (Å²) in [5.41, 5.74) is 1.37. The van der Waals surface area contributed by atoms with Crippen LogP contribution in [0.2, 0.25) is 0 Å². The summed E-state index contributed by atoms with van der Waals surface area (Å²) in [4.78, 5) is 5.62. The number of aryl methyl sites for hydroxylation is 2. The van der Waals surface area contributed by atoms with E-state index in [1.165, 1.54) is 10.5 Å².